The Morgan fingerprint density at radius 3 is 2.61 bits per heavy atom. The number of hydrogen-bond acceptors (Lipinski definition) is 7. The summed E-state index contributed by atoms with van der Waals surface area (Å²) in [7, 11) is 1.39. The zero-order valence-corrected chi connectivity index (χ0v) is 18.6. The van der Waals surface area contributed by atoms with Crippen molar-refractivity contribution in [2.75, 3.05) is 7.11 Å². The standard InChI is InChI=1S/C22H22ClF2N5O3/c1-31-16-5-14(2-3-15(16)32-20(24)25)17-27-28-18(33-17)21-6-12-4-13(7-21)9-22(8-12,10-21)30-11-26-19(23)29-30/h2-3,5,11-13,20H,4,6-10H2,1H3/t12-,13+,21?,22?. The number of methoxy groups -OCH3 is 1. The highest BCUT2D eigenvalue weighted by Gasteiger charge is 2.61. The van der Waals surface area contributed by atoms with Gasteiger partial charge in [0.05, 0.1) is 18.1 Å². The van der Waals surface area contributed by atoms with Crippen LogP contribution in [0, 0.1) is 11.8 Å². The van der Waals surface area contributed by atoms with Gasteiger partial charge < -0.3 is 13.9 Å². The average Bonchev–Trinajstić information content (AvgIpc) is 3.43. The van der Waals surface area contributed by atoms with Crippen LogP contribution >= 0.6 is 11.6 Å². The number of benzene rings is 1. The molecular weight excluding hydrogens is 456 g/mol. The van der Waals surface area contributed by atoms with Crippen LogP contribution in [0.1, 0.15) is 44.4 Å². The van der Waals surface area contributed by atoms with E-state index in [2.05, 4.69) is 25.0 Å². The lowest BCUT2D eigenvalue weighted by molar-refractivity contribution is -0.0772. The molecule has 2 unspecified atom stereocenters. The van der Waals surface area contributed by atoms with Gasteiger partial charge in [0.15, 0.2) is 11.5 Å². The second-order valence-electron chi connectivity index (χ2n) is 9.58. The predicted molar refractivity (Wildman–Crippen MR) is 112 cm³/mol. The van der Waals surface area contributed by atoms with Gasteiger partial charge in [-0.05, 0) is 80.2 Å². The molecule has 0 aliphatic heterocycles. The largest absolute Gasteiger partial charge is 0.493 e. The van der Waals surface area contributed by atoms with Gasteiger partial charge in [0, 0.05) is 5.56 Å². The highest BCUT2D eigenvalue weighted by Crippen LogP contribution is 2.64. The average molecular weight is 478 g/mol. The summed E-state index contributed by atoms with van der Waals surface area (Å²) in [5.74, 6) is 2.16. The van der Waals surface area contributed by atoms with E-state index in [0.29, 0.717) is 29.2 Å². The van der Waals surface area contributed by atoms with E-state index in [0.717, 1.165) is 32.1 Å². The van der Waals surface area contributed by atoms with Gasteiger partial charge in [0.2, 0.25) is 17.1 Å². The predicted octanol–water partition coefficient (Wildman–Crippen LogP) is 4.84. The van der Waals surface area contributed by atoms with Gasteiger partial charge in [-0.2, -0.15) is 8.78 Å². The van der Waals surface area contributed by atoms with Crippen LogP contribution in [-0.4, -0.2) is 38.7 Å². The molecule has 4 aliphatic rings. The smallest absolute Gasteiger partial charge is 0.387 e. The molecule has 2 aromatic heterocycles. The fourth-order valence-electron chi connectivity index (χ4n) is 6.75. The van der Waals surface area contributed by atoms with Gasteiger partial charge in [0.25, 0.3) is 0 Å². The highest BCUT2D eigenvalue weighted by atomic mass is 35.5. The normalized spacial score (nSPS) is 30.2. The lowest BCUT2D eigenvalue weighted by atomic mass is 9.47. The zero-order valence-electron chi connectivity index (χ0n) is 17.9. The van der Waals surface area contributed by atoms with Gasteiger partial charge >= 0.3 is 6.61 Å². The van der Waals surface area contributed by atoms with Gasteiger partial charge in [-0.15, -0.1) is 15.3 Å². The fourth-order valence-corrected chi connectivity index (χ4v) is 6.88. The minimum absolute atomic E-state index is 0.0505. The Balaban J connectivity index is 1.34. The van der Waals surface area contributed by atoms with E-state index < -0.39 is 6.61 Å². The first-order valence-electron chi connectivity index (χ1n) is 10.9. The lowest BCUT2D eigenvalue weighted by Crippen LogP contribution is -2.58. The van der Waals surface area contributed by atoms with Crippen molar-refractivity contribution in [1.29, 1.82) is 0 Å². The third kappa shape index (κ3) is 3.37. The van der Waals surface area contributed by atoms with Crippen molar-refractivity contribution < 1.29 is 22.7 Å². The Kier molecular flexibility index (Phi) is 4.66. The molecule has 4 aliphatic carbocycles. The Morgan fingerprint density at radius 1 is 1.15 bits per heavy atom. The topological polar surface area (TPSA) is 88.1 Å². The van der Waals surface area contributed by atoms with Crippen LogP contribution in [0.4, 0.5) is 8.78 Å². The Hall–Kier alpha value is -2.75. The summed E-state index contributed by atoms with van der Waals surface area (Å²) in [5, 5.41) is 13.5. The molecule has 4 atom stereocenters. The zero-order chi connectivity index (χ0) is 22.8. The van der Waals surface area contributed by atoms with Crippen molar-refractivity contribution in [3.8, 4) is 23.0 Å². The molecule has 11 heteroatoms. The number of alkyl halides is 2. The minimum Gasteiger partial charge on any atom is -0.493 e. The van der Waals surface area contributed by atoms with Crippen molar-refractivity contribution in [2.45, 2.75) is 56.1 Å². The monoisotopic (exact) mass is 477 g/mol. The summed E-state index contributed by atoms with van der Waals surface area (Å²) in [4.78, 5) is 4.15. The quantitative estimate of drug-likeness (QED) is 0.502. The van der Waals surface area contributed by atoms with Gasteiger partial charge in [0.1, 0.15) is 6.33 Å². The summed E-state index contributed by atoms with van der Waals surface area (Å²) >= 11 is 6.04. The summed E-state index contributed by atoms with van der Waals surface area (Å²) in [6, 6.07) is 4.59. The van der Waals surface area contributed by atoms with Crippen molar-refractivity contribution in [3.63, 3.8) is 0 Å². The van der Waals surface area contributed by atoms with Crippen LogP contribution in [0.25, 0.3) is 11.5 Å². The molecule has 8 nitrogen and oxygen atoms in total. The van der Waals surface area contributed by atoms with Crippen LogP contribution in [0.15, 0.2) is 28.9 Å². The number of rotatable bonds is 6. The summed E-state index contributed by atoms with van der Waals surface area (Å²) in [6.45, 7) is -2.94. The molecule has 33 heavy (non-hydrogen) atoms. The van der Waals surface area contributed by atoms with Crippen molar-refractivity contribution in [2.24, 2.45) is 11.8 Å². The highest BCUT2D eigenvalue weighted by molar-refractivity contribution is 6.28. The van der Waals surface area contributed by atoms with E-state index in [-0.39, 0.29) is 27.7 Å². The fraction of sp³-hybridized carbons (Fsp3) is 0.545. The first kappa shape index (κ1) is 20.8. The maximum absolute atomic E-state index is 12.6. The number of aromatic nitrogens is 5. The van der Waals surface area contributed by atoms with Crippen LogP contribution < -0.4 is 9.47 Å². The molecule has 0 spiro atoms. The number of nitrogens with zero attached hydrogens (tertiary/aromatic N) is 5. The van der Waals surface area contributed by atoms with E-state index >= 15 is 0 Å². The molecule has 1 aromatic carbocycles. The van der Waals surface area contributed by atoms with Crippen LogP contribution in [-0.2, 0) is 11.0 Å². The molecule has 0 N–H and O–H groups in total. The molecule has 2 heterocycles. The first-order chi connectivity index (χ1) is 15.9. The molecule has 7 rings (SSSR count). The van der Waals surface area contributed by atoms with E-state index in [1.54, 1.807) is 18.5 Å². The summed E-state index contributed by atoms with van der Waals surface area (Å²) in [5.41, 5.74) is 0.210. The third-order valence-electron chi connectivity index (χ3n) is 7.49. The summed E-state index contributed by atoms with van der Waals surface area (Å²) < 4.78 is 43.2. The minimum atomic E-state index is -2.94. The van der Waals surface area contributed by atoms with Crippen molar-refractivity contribution in [1.82, 2.24) is 25.0 Å². The van der Waals surface area contributed by atoms with Crippen LogP contribution in [0.2, 0.25) is 5.28 Å². The van der Waals surface area contributed by atoms with Crippen molar-refractivity contribution in [3.05, 3.63) is 35.7 Å². The maximum Gasteiger partial charge on any atom is 0.387 e. The van der Waals surface area contributed by atoms with E-state index in [9.17, 15) is 8.78 Å². The molecule has 4 fully saturated rings. The molecule has 0 saturated heterocycles. The maximum atomic E-state index is 12.6. The molecule has 4 saturated carbocycles. The number of hydrogen-bond donors (Lipinski definition) is 0. The second-order valence-corrected chi connectivity index (χ2v) is 9.92. The number of halogens is 3. The van der Waals surface area contributed by atoms with Crippen molar-refractivity contribution >= 4 is 11.6 Å². The molecule has 0 amide bonds. The van der Waals surface area contributed by atoms with Gasteiger partial charge in [-0.3, -0.25) is 0 Å². The summed E-state index contributed by atoms with van der Waals surface area (Å²) in [6.07, 6.45) is 7.88. The first-order valence-corrected chi connectivity index (χ1v) is 11.3. The molecular formula is C22H22ClF2N5O3. The third-order valence-corrected chi connectivity index (χ3v) is 7.66. The molecule has 174 valence electrons. The van der Waals surface area contributed by atoms with Crippen LogP contribution in [0.3, 0.4) is 0 Å². The Bertz CT molecular complexity index is 1180. The second kappa shape index (κ2) is 7.38. The lowest BCUT2D eigenvalue weighted by Gasteiger charge is -2.60. The molecule has 4 bridgehead atoms. The SMILES string of the molecule is COc1cc(-c2nnc(C34C[C@H]5C[C@@H](C3)CC(n3cnc(Cl)n3)(C5)C4)o2)ccc1OC(F)F. The van der Waals surface area contributed by atoms with Gasteiger partial charge in [-0.1, -0.05) is 0 Å². The van der Waals surface area contributed by atoms with Crippen LogP contribution in [0.5, 0.6) is 11.5 Å². The Morgan fingerprint density at radius 2 is 1.94 bits per heavy atom. The van der Waals surface area contributed by atoms with E-state index in [4.69, 9.17) is 20.8 Å². The number of ether oxygens (including phenoxy) is 2. The Labute approximate surface area is 193 Å². The van der Waals surface area contributed by atoms with Gasteiger partial charge in [-0.25, -0.2) is 9.67 Å². The van der Waals surface area contributed by atoms with E-state index in [1.165, 1.54) is 19.6 Å². The molecule has 0 radical (unpaired) electrons. The molecule has 3 aromatic rings. The van der Waals surface area contributed by atoms with E-state index in [1.807, 2.05) is 4.68 Å².